The Bertz CT molecular complexity index is 1370. The number of benzene rings is 2. The number of thioether (sulfide) groups is 1. The minimum absolute atomic E-state index is 0.125. The molecule has 0 bridgehead atoms. The van der Waals surface area contributed by atoms with E-state index >= 15 is 0 Å². The van der Waals surface area contributed by atoms with E-state index in [2.05, 4.69) is 15.2 Å². The fourth-order valence-corrected chi connectivity index (χ4v) is 6.76. The van der Waals surface area contributed by atoms with E-state index < -0.39 is 0 Å². The predicted octanol–water partition coefficient (Wildman–Crippen LogP) is 5.07. The van der Waals surface area contributed by atoms with Gasteiger partial charge in [-0.15, -0.1) is 0 Å². The van der Waals surface area contributed by atoms with Crippen LogP contribution in [0.3, 0.4) is 0 Å². The van der Waals surface area contributed by atoms with Crippen LogP contribution < -0.4 is 15.0 Å². The molecule has 0 spiro atoms. The summed E-state index contributed by atoms with van der Waals surface area (Å²) < 4.78 is 11.1. The number of morpholine rings is 1. The molecule has 2 aromatic rings. The van der Waals surface area contributed by atoms with E-state index in [9.17, 15) is 9.59 Å². The largest absolute Gasteiger partial charge is 0.484 e. The summed E-state index contributed by atoms with van der Waals surface area (Å²) in [7, 11) is 0. The Labute approximate surface area is 230 Å². The lowest BCUT2D eigenvalue weighted by molar-refractivity contribution is -0.119. The van der Waals surface area contributed by atoms with E-state index in [1.807, 2.05) is 12.1 Å². The van der Waals surface area contributed by atoms with Crippen molar-refractivity contribution in [1.29, 1.82) is 0 Å². The van der Waals surface area contributed by atoms with Gasteiger partial charge in [-0.25, -0.2) is 4.99 Å². The van der Waals surface area contributed by atoms with Crippen LogP contribution in [-0.2, 0) is 14.3 Å². The summed E-state index contributed by atoms with van der Waals surface area (Å²) in [6, 6.07) is 12.6. The number of hydrogen-bond acceptors (Lipinski definition) is 7. The van der Waals surface area contributed by atoms with E-state index in [4.69, 9.17) is 26.1 Å². The van der Waals surface area contributed by atoms with Gasteiger partial charge in [0.15, 0.2) is 12.4 Å². The SMILES string of the molecule is O=C(COc1ccc(C2=NC(=O)C3C(=N2)SC2=C3CCCC2)cc1)Nc1ccc(N2CCOCC2)c(Cl)c1. The number of rotatable bonds is 6. The Morgan fingerprint density at radius 2 is 1.89 bits per heavy atom. The molecule has 6 rings (SSSR count). The number of fused-ring (bicyclic) bond motifs is 2. The van der Waals surface area contributed by atoms with E-state index in [0.29, 0.717) is 35.5 Å². The second-order valence-corrected chi connectivity index (χ2v) is 11.1. The highest BCUT2D eigenvalue weighted by atomic mass is 35.5. The van der Waals surface area contributed by atoms with Crippen LogP contribution in [-0.4, -0.2) is 55.6 Å². The molecule has 1 N–H and O–H groups in total. The average Bonchev–Trinajstić information content (AvgIpc) is 3.32. The fourth-order valence-electron chi connectivity index (χ4n) is 5.12. The fraction of sp³-hybridized carbons (Fsp3) is 0.357. The maximum absolute atomic E-state index is 12.8. The molecule has 196 valence electrons. The number of amides is 2. The van der Waals surface area contributed by atoms with Crippen molar-refractivity contribution >= 4 is 57.4 Å². The van der Waals surface area contributed by atoms with Gasteiger partial charge >= 0.3 is 0 Å². The second kappa shape index (κ2) is 10.9. The summed E-state index contributed by atoms with van der Waals surface area (Å²) >= 11 is 8.11. The van der Waals surface area contributed by atoms with Crippen molar-refractivity contribution < 1.29 is 19.1 Å². The summed E-state index contributed by atoms with van der Waals surface area (Å²) in [5, 5.41) is 4.25. The third-order valence-corrected chi connectivity index (χ3v) is 8.58. The molecule has 1 fully saturated rings. The molecular formula is C28H27ClN4O4S. The smallest absolute Gasteiger partial charge is 0.262 e. The zero-order valence-electron chi connectivity index (χ0n) is 20.7. The highest BCUT2D eigenvalue weighted by Gasteiger charge is 2.40. The lowest BCUT2D eigenvalue weighted by Gasteiger charge is -2.29. The Balaban J connectivity index is 1.04. The minimum atomic E-state index is -0.293. The quantitative estimate of drug-likeness (QED) is 0.540. The van der Waals surface area contributed by atoms with Gasteiger partial charge in [-0.3, -0.25) is 9.59 Å². The van der Waals surface area contributed by atoms with Crippen LogP contribution in [0.4, 0.5) is 11.4 Å². The van der Waals surface area contributed by atoms with Crippen molar-refractivity contribution in [2.45, 2.75) is 25.7 Å². The van der Waals surface area contributed by atoms with E-state index in [0.717, 1.165) is 48.6 Å². The van der Waals surface area contributed by atoms with Crippen molar-refractivity contribution in [3.63, 3.8) is 0 Å². The van der Waals surface area contributed by atoms with E-state index in [-0.39, 0.29) is 24.3 Å². The molecule has 10 heteroatoms. The minimum Gasteiger partial charge on any atom is -0.484 e. The Hall–Kier alpha value is -3.14. The average molecular weight is 551 g/mol. The Kier molecular flexibility index (Phi) is 7.23. The number of aliphatic imine (C=N–C) groups is 2. The summed E-state index contributed by atoms with van der Waals surface area (Å²) in [5.41, 5.74) is 3.50. The number of carbonyl (C=O) groups is 2. The standard InChI is InChI=1S/C28H27ClN4O4S/c29-21-15-18(7-10-22(21)33-11-13-36-14-12-33)30-24(34)16-37-19-8-5-17(6-9-19)26-31-27(35)25-20-3-1-2-4-23(20)38-28(25)32-26/h5-10,15,25H,1-4,11-14,16H2,(H,30,34). The van der Waals surface area contributed by atoms with Gasteiger partial charge in [0.2, 0.25) is 0 Å². The molecule has 3 heterocycles. The molecule has 2 amide bonds. The lowest BCUT2D eigenvalue weighted by atomic mass is 9.89. The highest BCUT2D eigenvalue weighted by Crippen LogP contribution is 2.47. The molecule has 3 aliphatic heterocycles. The zero-order chi connectivity index (χ0) is 26.1. The summed E-state index contributed by atoms with van der Waals surface area (Å²) in [6.07, 6.45) is 4.29. The number of nitrogens with one attached hydrogen (secondary N) is 1. The first kappa shape index (κ1) is 25.2. The topological polar surface area (TPSA) is 92.6 Å². The number of anilines is 2. The molecule has 1 unspecified atom stereocenters. The molecule has 1 aliphatic carbocycles. The zero-order valence-corrected chi connectivity index (χ0v) is 22.3. The van der Waals surface area contributed by atoms with Gasteiger partial charge in [-0.05, 0) is 78.6 Å². The van der Waals surface area contributed by atoms with Crippen molar-refractivity contribution in [2.75, 3.05) is 43.1 Å². The normalized spacial score (nSPS) is 20.9. The molecule has 0 radical (unpaired) electrons. The first-order valence-corrected chi connectivity index (χ1v) is 14.0. The van der Waals surface area contributed by atoms with Gasteiger partial charge in [0.25, 0.3) is 11.8 Å². The summed E-state index contributed by atoms with van der Waals surface area (Å²) in [4.78, 5) is 37.8. The summed E-state index contributed by atoms with van der Waals surface area (Å²) in [6.45, 7) is 2.76. The number of carbonyl (C=O) groups excluding carboxylic acids is 2. The predicted molar refractivity (Wildman–Crippen MR) is 151 cm³/mol. The van der Waals surface area contributed by atoms with Crippen LogP contribution in [0.25, 0.3) is 0 Å². The molecule has 8 nitrogen and oxygen atoms in total. The van der Waals surface area contributed by atoms with Crippen LogP contribution >= 0.6 is 23.4 Å². The monoisotopic (exact) mass is 550 g/mol. The van der Waals surface area contributed by atoms with Crippen LogP contribution in [0, 0.1) is 5.92 Å². The third-order valence-electron chi connectivity index (χ3n) is 7.03. The number of hydrogen-bond donors (Lipinski definition) is 1. The highest BCUT2D eigenvalue weighted by molar-refractivity contribution is 8.17. The maximum atomic E-state index is 12.8. The van der Waals surface area contributed by atoms with Gasteiger partial charge in [-0.2, -0.15) is 4.99 Å². The Morgan fingerprint density at radius 3 is 2.68 bits per heavy atom. The molecule has 2 aromatic carbocycles. The van der Waals surface area contributed by atoms with Gasteiger partial charge in [0.05, 0.1) is 29.0 Å². The molecule has 1 atom stereocenters. The number of halogens is 1. The van der Waals surface area contributed by atoms with Crippen LogP contribution in [0.15, 0.2) is 62.9 Å². The van der Waals surface area contributed by atoms with Gasteiger partial charge < -0.3 is 19.7 Å². The van der Waals surface area contributed by atoms with E-state index in [1.54, 1.807) is 42.1 Å². The Morgan fingerprint density at radius 1 is 1.11 bits per heavy atom. The molecule has 38 heavy (non-hydrogen) atoms. The molecule has 1 saturated heterocycles. The summed E-state index contributed by atoms with van der Waals surface area (Å²) in [5.74, 6) is 0.268. The lowest BCUT2D eigenvalue weighted by Crippen LogP contribution is -2.36. The first-order chi connectivity index (χ1) is 18.5. The van der Waals surface area contributed by atoms with Crippen LogP contribution in [0.1, 0.15) is 31.2 Å². The van der Waals surface area contributed by atoms with Crippen molar-refractivity contribution in [1.82, 2.24) is 0 Å². The van der Waals surface area contributed by atoms with Crippen LogP contribution in [0.5, 0.6) is 5.75 Å². The number of allylic oxidation sites excluding steroid dienone is 1. The third kappa shape index (κ3) is 5.23. The van der Waals surface area contributed by atoms with Crippen molar-refractivity contribution in [3.05, 3.63) is 63.5 Å². The van der Waals surface area contributed by atoms with Gasteiger partial charge in [0, 0.05) is 24.3 Å². The number of nitrogens with zero attached hydrogens (tertiary/aromatic N) is 3. The maximum Gasteiger partial charge on any atom is 0.262 e. The first-order valence-electron chi connectivity index (χ1n) is 12.8. The molecular weight excluding hydrogens is 524 g/mol. The molecule has 0 saturated carbocycles. The molecule has 0 aromatic heterocycles. The number of amidine groups is 1. The number of ether oxygens (including phenoxy) is 2. The van der Waals surface area contributed by atoms with Crippen LogP contribution in [0.2, 0.25) is 5.02 Å². The van der Waals surface area contributed by atoms with Gasteiger partial charge in [-0.1, -0.05) is 23.4 Å². The van der Waals surface area contributed by atoms with Crippen molar-refractivity contribution in [3.8, 4) is 5.75 Å². The molecule has 4 aliphatic rings. The van der Waals surface area contributed by atoms with Gasteiger partial charge in [0.1, 0.15) is 11.7 Å². The van der Waals surface area contributed by atoms with E-state index in [1.165, 1.54) is 16.9 Å². The second-order valence-electron chi connectivity index (χ2n) is 9.54. The van der Waals surface area contributed by atoms with Crippen molar-refractivity contribution in [2.24, 2.45) is 15.9 Å².